The van der Waals surface area contributed by atoms with Crippen LogP contribution in [-0.4, -0.2) is 73.1 Å². The Morgan fingerprint density at radius 2 is 1.89 bits per heavy atom. The van der Waals surface area contributed by atoms with Crippen molar-refractivity contribution in [2.75, 3.05) is 36.4 Å². The van der Waals surface area contributed by atoms with Gasteiger partial charge in [0.2, 0.25) is 17.7 Å². The van der Waals surface area contributed by atoms with E-state index in [0.717, 1.165) is 36.2 Å². The number of nitrogens with zero attached hydrogens (tertiary/aromatic N) is 6. The number of aromatic hydroxyl groups is 1. The Balaban J connectivity index is 1.31. The monoisotopic (exact) mass is 658 g/mol. The number of hydrogen-bond acceptors (Lipinski definition) is 8. The first-order valence-corrected chi connectivity index (χ1v) is 14.9. The molecule has 46 heavy (non-hydrogen) atoms. The summed E-state index contributed by atoms with van der Waals surface area (Å²) < 4.78 is 47.0. The number of benzene rings is 1. The zero-order chi connectivity index (χ0) is 33.0. The number of nitrogens with one attached hydrogen (secondary N) is 1. The molecule has 0 unspecified atom stereocenters. The maximum atomic E-state index is 15.1. The maximum absolute atomic E-state index is 15.1. The van der Waals surface area contributed by atoms with Crippen molar-refractivity contribution in [3.63, 3.8) is 0 Å². The third-order valence-corrected chi connectivity index (χ3v) is 8.74. The SMILES string of the molecule is C[C@H]1CN(CC2CC2)CCN1c1cc(NC(=O)Cn2cc(-c3cc(C(N)=O)c(O)c(F)c3F)c3c(=O)n(C)cnc32)c(Cl)c(F)n1. The number of primary amides is 1. The van der Waals surface area contributed by atoms with Crippen LogP contribution in [0.1, 0.15) is 30.1 Å². The van der Waals surface area contributed by atoms with Crippen LogP contribution in [0.2, 0.25) is 5.02 Å². The molecule has 0 radical (unpaired) electrons. The summed E-state index contributed by atoms with van der Waals surface area (Å²) in [7, 11) is 1.39. The van der Waals surface area contributed by atoms with Crippen LogP contribution in [0.4, 0.5) is 24.7 Å². The lowest BCUT2D eigenvalue weighted by Crippen LogP contribution is -2.52. The van der Waals surface area contributed by atoms with E-state index in [1.165, 1.54) is 43.0 Å². The number of phenols is 1. The standard InChI is InChI=1S/C30H30ClF3N8O4/c1-14-9-40(10-15-3-4-15)5-6-42(14)20-8-19(23(31)27(34)38-20)37-21(43)12-41-11-18(22-29(41)36-13-39(2)30(22)46)16-7-17(28(35)45)26(44)25(33)24(16)32/h7-8,11,13-15,44H,3-6,9-10,12H2,1-2H3,(H2,35,45)(H,37,38,43)/t14-/m0/s1. The minimum absolute atomic E-state index is 0.0277. The van der Waals surface area contributed by atoms with Gasteiger partial charge in [-0.2, -0.15) is 8.78 Å². The van der Waals surface area contributed by atoms with Gasteiger partial charge >= 0.3 is 0 Å². The van der Waals surface area contributed by atoms with Gasteiger partial charge in [-0.1, -0.05) is 11.6 Å². The summed E-state index contributed by atoms with van der Waals surface area (Å²) in [5.74, 6) is -6.42. The molecule has 1 saturated carbocycles. The molecule has 2 amide bonds. The molecule has 4 aromatic rings. The quantitative estimate of drug-likeness (QED) is 0.244. The number of piperazine rings is 1. The summed E-state index contributed by atoms with van der Waals surface area (Å²) in [6.45, 7) is 4.74. The summed E-state index contributed by atoms with van der Waals surface area (Å²) in [4.78, 5) is 50.8. The molecule has 4 heterocycles. The van der Waals surface area contributed by atoms with E-state index in [9.17, 15) is 28.3 Å². The number of halogens is 4. The van der Waals surface area contributed by atoms with Crippen molar-refractivity contribution in [3.05, 3.63) is 63.2 Å². The third-order valence-electron chi connectivity index (χ3n) is 8.38. The van der Waals surface area contributed by atoms with Crippen molar-refractivity contribution in [2.24, 2.45) is 18.7 Å². The summed E-state index contributed by atoms with van der Waals surface area (Å²) in [6.07, 6.45) is 4.85. The largest absolute Gasteiger partial charge is 0.504 e. The van der Waals surface area contributed by atoms with Crippen LogP contribution in [0, 0.1) is 23.5 Å². The number of fused-ring (bicyclic) bond motifs is 1. The average Bonchev–Trinajstić information content (AvgIpc) is 3.75. The number of hydrogen-bond donors (Lipinski definition) is 3. The van der Waals surface area contributed by atoms with Crippen LogP contribution in [0.15, 0.2) is 29.5 Å². The molecule has 1 saturated heterocycles. The number of anilines is 2. The van der Waals surface area contributed by atoms with Crippen molar-refractivity contribution in [3.8, 4) is 16.9 Å². The summed E-state index contributed by atoms with van der Waals surface area (Å²) in [5, 5.41) is 11.9. The van der Waals surface area contributed by atoms with Gasteiger partial charge in [-0.25, -0.2) is 14.4 Å². The second-order valence-corrected chi connectivity index (χ2v) is 12.1. The first-order valence-electron chi connectivity index (χ1n) is 14.5. The van der Waals surface area contributed by atoms with Crippen LogP contribution >= 0.6 is 11.6 Å². The topological polar surface area (TPSA) is 152 Å². The van der Waals surface area contributed by atoms with Crippen molar-refractivity contribution < 1.29 is 27.9 Å². The lowest BCUT2D eigenvalue weighted by molar-refractivity contribution is -0.116. The Kier molecular flexibility index (Phi) is 8.14. The van der Waals surface area contributed by atoms with E-state index in [0.29, 0.717) is 12.4 Å². The van der Waals surface area contributed by atoms with Crippen LogP contribution in [0.5, 0.6) is 5.75 Å². The van der Waals surface area contributed by atoms with Crippen LogP contribution in [0.3, 0.4) is 0 Å². The van der Waals surface area contributed by atoms with Crippen molar-refractivity contribution >= 4 is 46.0 Å². The minimum Gasteiger partial charge on any atom is -0.504 e. The second-order valence-electron chi connectivity index (χ2n) is 11.8. The molecule has 16 heteroatoms. The zero-order valence-electron chi connectivity index (χ0n) is 24.9. The van der Waals surface area contributed by atoms with Gasteiger partial charge < -0.3 is 30.2 Å². The summed E-state index contributed by atoms with van der Waals surface area (Å²) in [6, 6.07) is 2.33. The molecule has 0 bridgehead atoms. The molecule has 1 atom stereocenters. The van der Waals surface area contributed by atoms with E-state index in [1.54, 1.807) is 0 Å². The van der Waals surface area contributed by atoms with Gasteiger partial charge in [0.1, 0.15) is 23.0 Å². The first-order chi connectivity index (χ1) is 21.8. The van der Waals surface area contributed by atoms with Crippen LogP contribution in [-0.2, 0) is 18.4 Å². The number of pyridine rings is 1. The zero-order valence-corrected chi connectivity index (χ0v) is 25.6. The highest BCUT2D eigenvalue weighted by molar-refractivity contribution is 6.33. The summed E-state index contributed by atoms with van der Waals surface area (Å²) in [5.41, 5.74) is 3.00. The predicted molar refractivity (Wildman–Crippen MR) is 164 cm³/mol. The molecule has 1 aliphatic carbocycles. The van der Waals surface area contributed by atoms with E-state index < -0.39 is 63.4 Å². The molecule has 2 fully saturated rings. The molecule has 1 aromatic carbocycles. The molecular formula is C30H30ClF3N8O4. The second kappa shape index (κ2) is 11.9. The Bertz CT molecular complexity index is 1960. The molecule has 242 valence electrons. The average molecular weight is 659 g/mol. The molecule has 4 N–H and O–H groups in total. The van der Waals surface area contributed by atoms with E-state index >= 15 is 4.39 Å². The van der Waals surface area contributed by atoms with Crippen molar-refractivity contribution in [1.29, 1.82) is 0 Å². The van der Waals surface area contributed by atoms with E-state index in [2.05, 4.69) is 20.2 Å². The number of amides is 2. The fraction of sp³-hybridized carbons (Fsp3) is 0.367. The Morgan fingerprint density at radius 1 is 1.15 bits per heavy atom. The first kappa shape index (κ1) is 31.4. The molecule has 6 rings (SSSR count). The van der Waals surface area contributed by atoms with E-state index in [1.807, 2.05) is 11.8 Å². The Morgan fingerprint density at radius 3 is 2.57 bits per heavy atom. The van der Waals surface area contributed by atoms with Gasteiger partial charge in [0.05, 0.1) is 23.0 Å². The Hall–Kier alpha value is -4.63. The number of rotatable bonds is 8. The van der Waals surface area contributed by atoms with Crippen molar-refractivity contribution in [1.82, 2.24) is 24.0 Å². The predicted octanol–water partition coefficient (Wildman–Crippen LogP) is 3.23. The maximum Gasteiger partial charge on any atom is 0.263 e. The van der Waals surface area contributed by atoms with E-state index in [4.69, 9.17) is 17.3 Å². The number of aryl methyl sites for hydroxylation is 1. The van der Waals surface area contributed by atoms with Crippen LogP contribution in [0.25, 0.3) is 22.2 Å². The Labute approximate surface area is 265 Å². The fourth-order valence-corrected chi connectivity index (χ4v) is 6.01. The molecule has 12 nitrogen and oxygen atoms in total. The van der Waals surface area contributed by atoms with Gasteiger partial charge in [0.15, 0.2) is 11.6 Å². The number of aromatic nitrogens is 4. The lowest BCUT2D eigenvalue weighted by Gasteiger charge is -2.40. The molecular weight excluding hydrogens is 629 g/mol. The van der Waals surface area contributed by atoms with Gasteiger partial charge in [-0.3, -0.25) is 19.3 Å². The number of carbonyl (C=O) groups is 2. The molecule has 0 spiro atoms. The normalized spacial score (nSPS) is 17.1. The highest BCUT2D eigenvalue weighted by atomic mass is 35.5. The molecule has 1 aliphatic heterocycles. The van der Waals surface area contributed by atoms with E-state index in [-0.39, 0.29) is 28.3 Å². The third kappa shape index (κ3) is 5.75. The smallest absolute Gasteiger partial charge is 0.263 e. The number of nitrogens with two attached hydrogens (primary N) is 1. The highest BCUT2D eigenvalue weighted by Crippen LogP contribution is 2.36. The highest BCUT2D eigenvalue weighted by Gasteiger charge is 2.31. The van der Waals surface area contributed by atoms with Crippen LogP contribution < -0.4 is 21.5 Å². The minimum atomic E-state index is -1.74. The fourth-order valence-electron chi connectivity index (χ4n) is 5.86. The van der Waals surface area contributed by atoms with Gasteiger partial charge in [-0.15, -0.1) is 0 Å². The van der Waals surface area contributed by atoms with Gasteiger partial charge in [0.25, 0.3) is 11.5 Å². The van der Waals surface area contributed by atoms with Crippen molar-refractivity contribution in [2.45, 2.75) is 32.4 Å². The van der Waals surface area contributed by atoms with Gasteiger partial charge in [-0.05, 0) is 31.7 Å². The number of carbonyl (C=O) groups excluding carboxylic acids is 2. The van der Waals surface area contributed by atoms with Gasteiger partial charge in [0, 0.05) is 62.7 Å². The molecule has 3 aromatic heterocycles. The summed E-state index contributed by atoms with van der Waals surface area (Å²) >= 11 is 6.20. The molecule has 2 aliphatic rings. The lowest BCUT2D eigenvalue weighted by atomic mass is 10.0.